The first-order valence-electron chi connectivity index (χ1n) is 13.7. The SMILES string of the molecule is COc1ccc(-c2cccc3c2CC[C@@H]3Oc2cc(OCc3cncc(C#N)c3)c(CN[C@@H](CO)C(=O)O)cc2Cl)cc1. The van der Waals surface area contributed by atoms with E-state index >= 15 is 0 Å². The van der Waals surface area contributed by atoms with Crippen LogP contribution in [0.5, 0.6) is 17.2 Å². The van der Waals surface area contributed by atoms with Crippen LogP contribution < -0.4 is 19.5 Å². The molecule has 4 aromatic rings. The van der Waals surface area contributed by atoms with Gasteiger partial charge in [-0.25, -0.2) is 0 Å². The molecule has 9 nitrogen and oxygen atoms in total. The van der Waals surface area contributed by atoms with Crippen molar-refractivity contribution in [2.24, 2.45) is 0 Å². The zero-order valence-electron chi connectivity index (χ0n) is 23.4. The first kappa shape index (κ1) is 29.9. The molecule has 3 N–H and O–H groups in total. The Balaban J connectivity index is 1.41. The summed E-state index contributed by atoms with van der Waals surface area (Å²) in [5.74, 6) is 0.465. The number of pyridine rings is 1. The van der Waals surface area contributed by atoms with Crippen LogP contribution in [0.25, 0.3) is 11.1 Å². The number of nitrogens with one attached hydrogen (secondary N) is 1. The predicted molar refractivity (Wildman–Crippen MR) is 160 cm³/mol. The van der Waals surface area contributed by atoms with Gasteiger partial charge in [0, 0.05) is 36.1 Å². The summed E-state index contributed by atoms with van der Waals surface area (Å²) < 4.78 is 17.9. The van der Waals surface area contributed by atoms with Gasteiger partial charge in [0.2, 0.25) is 0 Å². The van der Waals surface area contributed by atoms with Gasteiger partial charge < -0.3 is 24.4 Å². The van der Waals surface area contributed by atoms with E-state index in [2.05, 4.69) is 28.5 Å². The fourth-order valence-electron chi connectivity index (χ4n) is 5.12. The van der Waals surface area contributed by atoms with E-state index in [1.165, 1.54) is 11.8 Å². The maximum atomic E-state index is 11.4. The van der Waals surface area contributed by atoms with E-state index in [1.807, 2.05) is 30.3 Å². The molecule has 1 aliphatic carbocycles. The fraction of sp³-hybridized carbons (Fsp3) is 0.242. The zero-order valence-corrected chi connectivity index (χ0v) is 24.2. The second kappa shape index (κ2) is 13.6. The molecule has 0 radical (unpaired) electrons. The van der Waals surface area contributed by atoms with Gasteiger partial charge in [-0.2, -0.15) is 5.26 Å². The van der Waals surface area contributed by atoms with Gasteiger partial charge in [0.1, 0.15) is 42.1 Å². The van der Waals surface area contributed by atoms with Crippen molar-refractivity contribution in [3.8, 4) is 34.4 Å². The number of hydrogen-bond acceptors (Lipinski definition) is 8. The number of carbonyl (C=O) groups is 1. The third-order valence-electron chi connectivity index (χ3n) is 7.34. The number of rotatable bonds is 12. The highest BCUT2D eigenvalue weighted by Gasteiger charge is 2.28. The van der Waals surface area contributed by atoms with E-state index in [9.17, 15) is 20.3 Å². The highest BCUT2D eigenvalue weighted by atomic mass is 35.5. The van der Waals surface area contributed by atoms with E-state index in [0.717, 1.165) is 35.3 Å². The minimum absolute atomic E-state index is 0.0703. The normalized spacial score (nSPS) is 14.4. The lowest BCUT2D eigenvalue weighted by Gasteiger charge is -2.20. The van der Waals surface area contributed by atoms with Gasteiger partial charge in [0.15, 0.2) is 0 Å². The summed E-state index contributed by atoms with van der Waals surface area (Å²) in [4.78, 5) is 15.5. The molecule has 0 fully saturated rings. The lowest BCUT2D eigenvalue weighted by atomic mass is 9.96. The topological polar surface area (TPSA) is 134 Å². The Bertz CT molecular complexity index is 1650. The molecule has 1 aliphatic rings. The Kier molecular flexibility index (Phi) is 9.42. The summed E-state index contributed by atoms with van der Waals surface area (Å²) >= 11 is 6.70. The monoisotopic (exact) mass is 599 g/mol. The van der Waals surface area contributed by atoms with E-state index in [0.29, 0.717) is 33.2 Å². The number of carboxylic acid groups (broad SMARTS) is 1. The minimum Gasteiger partial charge on any atom is -0.497 e. The van der Waals surface area contributed by atoms with Gasteiger partial charge in [-0.15, -0.1) is 0 Å². The Morgan fingerprint density at radius 1 is 1.16 bits per heavy atom. The second-order valence-corrected chi connectivity index (χ2v) is 10.5. The molecule has 0 amide bonds. The third kappa shape index (κ3) is 6.89. The number of aliphatic carboxylic acids is 1. The standard InChI is InChI=1S/C33H30ClN3O6/c1-41-24-7-5-22(6-8-24)25-3-2-4-27-26(25)9-10-30(27)43-32-13-31(42-19-21-11-20(14-35)15-36-16-21)23(12-28(32)34)17-37-29(18-38)33(39)40/h2-8,11-13,15-16,29-30,37-38H,9-10,17-19H2,1H3,(H,39,40)/t29-,30-/m0/s1. The highest BCUT2D eigenvalue weighted by Crippen LogP contribution is 2.43. The van der Waals surface area contributed by atoms with Crippen LogP contribution in [0, 0.1) is 11.3 Å². The van der Waals surface area contributed by atoms with Crippen LogP contribution in [0.2, 0.25) is 5.02 Å². The lowest BCUT2D eigenvalue weighted by molar-refractivity contribution is -0.140. The molecule has 0 saturated heterocycles. The molecule has 0 spiro atoms. The average molecular weight is 600 g/mol. The Labute approximate surface area is 254 Å². The maximum absolute atomic E-state index is 11.4. The van der Waals surface area contributed by atoms with Crippen molar-refractivity contribution in [2.75, 3.05) is 13.7 Å². The number of fused-ring (bicyclic) bond motifs is 1. The minimum atomic E-state index is -1.18. The molecular weight excluding hydrogens is 570 g/mol. The number of aromatic nitrogens is 1. The molecule has 5 rings (SSSR count). The molecular formula is C33H30ClN3O6. The molecule has 10 heteroatoms. The van der Waals surface area contributed by atoms with Gasteiger partial charge in [-0.3, -0.25) is 15.1 Å². The van der Waals surface area contributed by atoms with E-state index in [-0.39, 0.29) is 19.3 Å². The number of ether oxygens (including phenoxy) is 3. The highest BCUT2D eigenvalue weighted by molar-refractivity contribution is 6.32. The van der Waals surface area contributed by atoms with Crippen LogP contribution in [0.4, 0.5) is 0 Å². The predicted octanol–water partition coefficient (Wildman–Crippen LogP) is 5.46. The van der Waals surface area contributed by atoms with Crippen LogP contribution in [-0.2, 0) is 24.4 Å². The molecule has 0 saturated carbocycles. The number of nitrogens with zero attached hydrogens (tertiary/aromatic N) is 2. The molecule has 43 heavy (non-hydrogen) atoms. The van der Waals surface area contributed by atoms with Crippen LogP contribution in [0.15, 0.2) is 73.1 Å². The average Bonchev–Trinajstić information content (AvgIpc) is 3.44. The van der Waals surface area contributed by atoms with Crippen molar-refractivity contribution in [3.63, 3.8) is 0 Å². The number of aliphatic hydroxyl groups is 1. The van der Waals surface area contributed by atoms with Crippen LogP contribution in [0.1, 0.15) is 40.3 Å². The largest absolute Gasteiger partial charge is 0.497 e. The summed E-state index contributed by atoms with van der Waals surface area (Å²) in [5.41, 5.74) is 6.22. The van der Waals surface area contributed by atoms with Crippen LogP contribution in [0.3, 0.4) is 0 Å². The van der Waals surface area contributed by atoms with Crippen molar-refractivity contribution in [1.82, 2.24) is 10.3 Å². The van der Waals surface area contributed by atoms with Crippen molar-refractivity contribution >= 4 is 17.6 Å². The van der Waals surface area contributed by atoms with Gasteiger partial charge in [-0.05, 0) is 59.4 Å². The second-order valence-electron chi connectivity index (χ2n) is 10.1. The first-order chi connectivity index (χ1) is 20.9. The molecule has 1 aromatic heterocycles. The van der Waals surface area contributed by atoms with E-state index in [1.54, 1.807) is 31.5 Å². The van der Waals surface area contributed by atoms with Crippen molar-refractivity contribution in [3.05, 3.63) is 106 Å². The van der Waals surface area contributed by atoms with Crippen molar-refractivity contribution in [1.29, 1.82) is 5.26 Å². The van der Waals surface area contributed by atoms with E-state index in [4.69, 9.17) is 25.8 Å². The summed E-state index contributed by atoms with van der Waals surface area (Å²) in [6, 6.07) is 20.1. The number of carboxylic acids is 1. The maximum Gasteiger partial charge on any atom is 0.323 e. The Hall–Kier alpha value is -4.62. The summed E-state index contributed by atoms with van der Waals surface area (Å²) in [6.45, 7) is -0.399. The van der Waals surface area contributed by atoms with E-state index < -0.39 is 18.6 Å². The molecule has 220 valence electrons. The first-order valence-corrected chi connectivity index (χ1v) is 14.1. The number of benzene rings is 3. The van der Waals surface area contributed by atoms with Crippen LogP contribution in [-0.4, -0.2) is 40.9 Å². The number of methoxy groups -OCH3 is 1. The number of halogens is 1. The number of nitriles is 1. The van der Waals surface area contributed by atoms with Gasteiger partial charge in [0.25, 0.3) is 0 Å². The molecule has 0 unspecified atom stereocenters. The zero-order chi connectivity index (χ0) is 30.3. The molecule has 0 bridgehead atoms. The van der Waals surface area contributed by atoms with Crippen molar-refractivity contribution in [2.45, 2.75) is 38.1 Å². The quantitative estimate of drug-likeness (QED) is 0.194. The van der Waals surface area contributed by atoms with Gasteiger partial charge in [0.05, 0.1) is 24.3 Å². The van der Waals surface area contributed by atoms with Crippen molar-refractivity contribution < 1.29 is 29.2 Å². The smallest absolute Gasteiger partial charge is 0.323 e. The molecule has 2 atom stereocenters. The summed E-state index contributed by atoms with van der Waals surface area (Å²) in [7, 11) is 1.65. The molecule has 3 aromatic carbocycles. The number of aliphatic hydroxyl groups excluding tert-OH is 1. The van der Waals surface area contributed by atoms with Gasteiger partial charge >= 0.3 is 5.97 Å². The Morgan fingerprint density at radius 2 is 1.98 bits per heavy atom. The van der Waals surface area contributed by atoms with Gasteiger partial charge in [-0.1, -0.05) is 41.9 Å². The third-order valence-corrected chi connectivity index (χ3v) is 7.63. The fourth-order valence-corrected chi connectivity index (χ4v) is 5.35. The summed E-state index contributed by atoms with van der Waals surface area (Å²) in [6.07, 6.45) is 4.44. The Morgan fingerprint density at radius 3 is 2.70 bits per heavy atom. The van der Waals surface area contributed by atoms with Crippen LogP contribution >= 0.6 is 11.6 Å². The summed E-state index contributed by atoms with van der Waals surface area (Å²) in [5, 5.41) is 31.1. The molecule has 0 aliphatic heterocycles. The molecule has 1 heterocycles. The number of hydrogen-bond donors (Lipinski definition) is 3. The lowest BCUT2D eigenvalue weighted by Crippen LogP contribution is -2.39.